The molecular weight excluding hydrogens is 406 g/mol. The number of aryl methyl sites for hydroxylation is 1. The van der Waals surface area contributed by atoms with Crippen LogP contribution in [0.2, 0.25) is 0 Å². The SMILES string of the molecule is CCCc1cccc(-c2ccccc2-n2nc(-c3ccccc3)n(-c3ccccc3)c2=O)c1. The van der Waals surface area contributed by atoms with Crippen molar-refractivity contribution in [3.63, 3.8) is 0 Å². The highest BCUT2D eigenvalue weighted by Gasteiger charge is 2.19. The van der Waals surface area contributed by atoms with Crippen LogP contribution >= 0.6 is 0 Å². The molecular formula is C29H25N3O. The molecule has 162 valence electrons. The summed E-state index contributed by atoms with van der Waals surface area (Å²) in [7, 11) is 0. The van der Waals surface area contributed by atoms with E-state index < -0.39 is 0 Å². The third kappa shape index (κ3) is 4.03. The summed E-state index contributed by atoms with van der Waals surface area (Å²) in [5, 5.41) is 4.84. The van der Waals surface area contributed by atoms with Crippen LogP contribution in [0.15, 0.2) is 114 Å². The van der Waals surface area contributed by atoms with E-state index in [1.165, 1.54) is 10.2 Å². The molecule has 0 saturated heterocycles. The minimum atomic E-state index is -0.197. The molecule has 0 aliphatic heterocycles. The molecule has 0 amide bonds. The van der Waals surface area contributed by atoms with E-state index in [2.05, 4.69) is 37.3 Å². The average Bonchev–Trinajstić information content (AvgIpc) is 3.22. The molecule has 33 heavy (non-hydrogen) atoms. The predicted molar refractivity (Wildman–Crippen MR) is 134 cm³/mol. The second-order valence-corrected chi connectivity index (χ2v) is 8.02. The fourth-order valence-corrected chi connectivity index (χ4v) is 4.19. The second-order valence-electron chi connectivity index (χ2n) is 8.02. The Kier molecular flexibility index (Phi) is 5.73. The van der Waals surface area contributed by atoms with Crippen molar-refractivity contribution < 1.29 is 0 Å². The lowest BCUT2D eigenvalue weighted by Crippen LogP contribution is -2.23. The first-order valence-electron chi connectivity index (χ1n) is 11.3. The molecule has 0 fully saturated rings. The number of para-hydroxylation sites is 2. The van der Waals surface area contributed by atoms with Gasteiger partial charge in [0, 0.05) is 11.1 Å². The van der Waals surface area contributed by atoms with Gasteiger partial charge in [-0.25, -0.2) is 9.36 Å². The minimum Gasteiger partial charge on any atom is -0.245 e. The number of hydrogen-bond acceptors (Lipinski definition) is 2. The smallest absolute Gasteiger partial charge is 0.245 e. The molecule has 0 bridgehead atoms. The molecule has 0 aliphatic rings. The van der Waals surface area contributed by atoms with Crippen molar-refractivity contribution in [1.29, 1.82) is 0 Å². The molecule has 4 nitrogen and oxygen atoms in total. The van der Waals surface area contributed by atoms with Crippen LogP contribution in [0.3, 0.4) is 0 Å². The molecule has 0 saturated carbocycles. The zero-order valence-corrected chi connectivity index (χ0v) is 18.6. The van der Waals surface area contributed by atoms with E-state index >= 15 is 0 Å². The second kappa shape index (κ2) is 9.13. The molecule has 5 rings (SSSR count). The van der Waals surface area contributed by atoms with Crippen molar-refractivity contribution in [1.82, 2.24) is 14.3 Å². The third-order valence-electron chi connectivity index (χ3n) is 5.73. The Bertz CT molecular complexity index is 1430. The summed E-state index contributed by atoms with van der Waals surface area (Å²) in [5.74, 6) is 0.612. The molecule has 0 spiro atoms. The summed E-state index contributed by atoms with van der Waals surface area (Å²) >= 11 is 0. The van der Waals surface area contributed by atoms with Crippen LogP contribution in [0, 0.1) is 0 Å². The van der Waals surface area contributed by atoms with Crippen LogP contribution in [0.25, 0.3) is 33.9 Å². The summed E-state index contributed by atoms with van der Waals surface area (Å²) in [6.07, 6.45) is 2.11. The number of rotatable bonds is 6. The molecule has 1 heterocycles. The van der Waals surface area contributed by atoms with E-state index in [-0.39, 0.29) is 5.69 Å². The first kappa shape index (κ1) is 20.7. The first-order chi connectivity index (χ1) is 16.3. The van der Waals surface area contributed by atoms with Gasteiger partial charge in [-0.05, 0) is 35.7 Å². The molecule has 4 heteroatoms. The Hall–Kier alpha value is -4.18. The lowest BCUT2D eigenvalue weighted by Gasteiger charge is -2.10. The van der Waals surface area contributed by atoms with E-state index in [1.807, 2.05) is 78.9 Å². The fraction of sp³-hybridized carbons (Fsp3) is 0.103. The lowest BCUT2D eigenvalue weighted by atomic mass is 10.00. The number of hydrogen-bond donors (Lipinski definition) is 0. The number of nitrogens with zero attached hydrogens (tertiary/aromatic N) is 3. The Morgan fingerprint density at radius 1 is 0.727 bits per heavy atom. The van der Waals surface area contributed by atoms with Crippen LogP contribution in [0.4, 0.5) is 0 Å². The fourth-order valence-electron chi connectivity index (χ4n) is 4.19. The summed E-state index contributed by atoms with van der Waals surface area (Å²) in [5.41, 5.74) is 5.60. The lowest BCUT2D eigenvalue weighted by molar-refractivity contribution is 0.831. The maximum Gasteiger partial charge on any atom is 0.355 e. The van der Waals surface area contributed by atoms with Gasteiger partial charge < -0.3 is 0 Å². The highest BCUT2D eigenvalue weighted by atomic mass is 16.2. The quantitative estimate of drug-likeness (QED) is 0.316. The van der Waals surface area contributed by atoms with E-state index in [4.69, 9.17) is 5.10 Å². The van der Waals surface area contributed by atoms with Crippen LogP contribution in [-0.2, 0) is 6.42 Å². The normalized spacial score (nSPS) is 10.9. The Balaban J connectivity index is 1.73. The van der Waals surface area contributed by atoms with Crippen LogP contribution in [-0.4, -0.2) is 14.3 Å². The summed E-state index contributed by atoms with van der Waals surface area (Å²) in [4.78, 5) is 13.8. The van der Waals surface area contributed by atoms with Gasteiger partial charge in [0.25, 0.3) is 0 Å². The molecule has 0 atom stereocenters. The van der Waals surface area contributed by atoms with Crippen molar-refractivity contribution in [2.45, 2.75) is 19.8 Å². The standard InChI is InChI=1S/C29H25N3O/c1-2-12-22-13-11-16-24(21-22)26-19-9-10-20-27(26)32-29(33)31(25-17-7-4-8-18-25)28(30-32)23-14-5-3-6-15-23/h3-11,13-21H,2,12H2,1H3. The van der Waals surface area contributed by atoms with Gasteiger partial charge in [0.05, 0.1) is 11.4 Å². The molecule has 5 aromatic rings. The molecule has 1 aromatic heterocycles. The van der Waals surface area contributed by atoms with Crippen molar-refractivity contribution in [3.05, 3.63) is 125 Å². The number of aromatic nitrogens is 3. The molecule has 0 aliphatic carbocycles. The van der Waals surface area contributed by atoms with E-state index in [1.54, 1.807) is 4.57 Å². The van der Waals surface area contributed by atoms with Crippen LogP contribution in [0.5, 0.6) is 0 Å². The molecule has 0 unspecified atom stereocenters. The van der Waals surface area contributed by atoms with Crippen molar-refractivity contribution in [2.75, 3.05) is 0 Å². The van der Waals surface area contributed by atoms with Gasteiger partial charge in [-0.3, -0.25) is 0 Å². The third-order valence-corrected chi connectivity index (χ3v) is 5.73. The van der Waals surface area contributed by atoms with E-state index in [0.29, 0.717) is 5.82 Å². The average molecular weight is 432 g/mol. The van der Waals surface area contributed by atoms with Gasteiger partial charge in [0.2, 0.25) is 0 Å². The van der Waals surface area contributed by atoms with Gasteiger partial charge in [-0.2, -0.15) is 4.68 Å². The Morgan fingerprint density at radius 3 is 2.15 bits per heavy atom. The van der Waals surface area contributed by atoms with Crippen molar-refractivity contribution in [3.8, 4) is 33.9 Å². The largest absolute Gasteiger partial charge is 0.355 e. The van der Waals surface area contributed by atoms with Gasteiger partial charge in [0.1, 0.15) is 0 Å². The van der Waals surface area contributed by atoms with E-state index in [9.17, 15) is 4.79 Å². The summed E-state index contributed by atoms with van der Waals surface area (Å²) < 4.78 is 3.21. The van der Waals surface area contributed by atoms with Crippen LogP contribution in [0.1, 0.15) is 18.9 Å². The van der Waals surface area contributed by atoms with Gasteiger partial charge in [-0.15, -0.1) is 5.10 Å². The molecule has 0 N–H and O–H groups in total. The predicted octanol–water partition coefficient (Wildman–Crippen LogP) is 6.31. The first-order valence-corrected chi connectivity index (χ1v) is 11.3. The maximum absolute atomic E-state index is 13.8. The Labute approximate surface area is 193 Å². The van der Waals surface area contributed by atoms with Gasteiger partial charge >= 0.3 is 5.69 Å². The minimum absolute atomic E-state index is 0.197. The van der Waals surface area contributed by atoms with Gasteiger partial charge in [-0.1, -0.05) is 104 Å². The van der Waals surface area contributed by atoms with E-state index in [0.717, 1.165) is 40.9 Å². The zero-order valence-electron chi connectivity index (χ0n) is 18.6. The monoisotopic (exact) mass is 431 g/mol. The summed E-state index contributed by atoms with van der Waals surface area (Å²) in [6, 6.07) is 36.0. The number of benzene rings is 4. The highest BCUT2D eigenvalue weighted by Crippen LogP contribution is 2.28. The topological polar surface area (TPSA) is 39.8 Å². The Morgan fingerprint density at radius 2 is 1.39 bits per heavy atom. The highest BCUT2D eigenvalue weighted by molar-refractivity contribution is 5.73. The maximum atomic E-state index is 13.8. The summed E-state index contributed by atoms with van der Waals surface area (Å²) in [6.45, 7) is 2.18. The van der Waals surface area contributed by atoms with Crippen molar-refractivity contribution in [2.24, 2.45) is 0 Å². The molecule has 0 radical (unpaired) electrons. The van der Waals surface area contributed by atoms with Crippen LogP contribution < -0.4 is 5.69 Å². The van der Waals surface area contributed by atoms with Gasteiger partial charge in [0.15, 0.2) is 5.82 Å². The van der Waals surface area contributed by atoms with Crippen molar-refractivity contribution >= 4 is 0 Å². The zero-order chi connectivity index (χ0) is 22.6. The molecule has 4 aromatic carbocycles.